The van der Waals surface area contributed by atoms with Crippen LogP contribution < -0.4 is 10.6 Å². The van der Waals surface area contributed by atoms with Crippen LogP contribution in [-0.2, 0) is 12.4 Å². The Hall–Kier alpha value is -3.02. The Morgan fingerprint density at radius 1 is 0.269 bits per heavy atom. The van der Waals surface area contributed by atoms with Crippen molar-refractivity contribution in [2.75, 3.05) is 0 Å². The normalized spacial score (nSPS) is 15.8. The van der Waals surface area contributed by atoms with Gasteiger partial charge in [-0.25, -0.2) is 0 Å². The van der Waals surface area contributed by atoms with E-state index in [9.17, 15) is 110 Å². The van der Waals surface area contributed by atoms with Gasteiger partial charge in [0.15, 0.2) is 0 Å². The molecule has 0 aliphatic rings. The second-order valence-corrected chi connectivity index (χ2v) is 12.3. The lowest BCUT2D eigenvalue weighted by Crippen LogP contribution is -2.76. The van der Waals surface area contributed by atoms with Crippen LogP contribution in [0.5, 0.6) is 0 Å². The van der Waals surface area contributed by atoms with Gasteiger partial charge in [0, 0.05) is 7.92 Å². The molecule has 2 aromatic carbocycles. The first-order valence-corrected chi connectivity index (χ1v) is 13.5. The summed E-state index contributed by atoms with van der Waals surface area (Å²) in [6.45, 7) is 0. The number of halogens is 27. The van der Waals surface area contributed by atoms with E-state index in [2.05, 4.69) is 0 Å². The predicted molar refractivity (Wildman–Crippen MR) is 120 cm³/mol. The van der Waals surface area contributed by atoms with E-state index in [1.54, 1.807) is 0 Å². The van der Waals surface area contributed by atoms with Crippen LogP contribution in [0.3, 0.4) is 0 Å². The monoisotopic (exact) mass is 840 g/mol. The third-order valence-corrected chi connectivity index (χ3v) is 9.15. The highest BCUT2D eigenvalue weighted by molar-refractivity contribution is 7.74. The number of alkyl halides is 27. The third-order valence-electron chi connectivity index (χ3n) is 6.68. The second-order valence-electron chi connectivity index (χ2n) is 10.1. The molecule has 0 heterocycles. The maximum atomic E-state index is 15.4. The molecule has 298 valence electrons. The number of hydrogen-bond donors (Lipinski definition) is 0. The minimum atomic E-state index is -9.44. The molecule has 0 saturated heterocycles. The summed E-state index contributed by atoms with van der Waals surface area (Å²) in [4.78, 5) is 0. The Balaban J connectivity index is 2.89. The molecule has 0 atom stereocenters. The van der Waals surface area contributed by atoms with Gasteiger partial charge >= 0.3 is 71.6 Å². The van der Waals surface area contributed by atoms with Crippen LogP contribution in [0.2, 0.25) is 0 Å². The quantitative estimate of drug-likeness (QED) is 0.156. The summed E-state index contributed by atoms with van der Waals surface area (Å²) in [5.41, 5.74) is -11.1. The summed E-state index contributed by atoms with van der Waals surface area (Å²) in [6.07, 6.45) is -19.0. The van der Waals surface area contributed by atoms with Crippen molar-refractivity contribution >= 4 is 18.5 Å². The van der Waals surface area contributed by atoms with E-state index in [-0.39, 0.29) is 48.5 Å². The van der Waals surface area contributed by atoms with E-state index in [1.807, 2.05) is 0 Å². The maximum absolute atomic E-state index is 15.4. The van der Waals surface area contributed by atoms with Crippen LogP contribution in [0, 0.1) is 0 Å². The van der Waals surface area contributed by atoms with Gasteiger partial charge in [-0.1, -0.05) is 24.3 Å². The molecular weight excluding hydrogens is 832 g/mol. The molecule has 0 unspecified atom stereocenters. The van der Waals surface area contributed by atoms with E-state index in [0.717, 1.165) is 0 Å². The van der Waals surface area contributed by atoms with Crippen molar-refractivity contribution in [3.05, 3.63) is 59.7 Å². The Morgan fingerprint density at radius 3 is 0.692 bits per heavy atom. The van der Waals surface area contributed by atoms with Gasteiger partial charge in [-0.3, -0.25) is 0 Å². The molecule has 2 aromatic rings. The van der Waals surface area contributed by atoms with Gasteiger partial charge in [-0.15, -0.1) is 0 Å². The molecule has 0 nitrogen and oxygen atoms in total. The lowest BCUT2D eigenvalue weighted by molar-refractivity contribution is -0.472. The molecule has 2 rings (SSSR count). The zero-order chi connectivity index (χ0) is 41.5. The molecule has 0 aromatic heterocycles. The summed E-state index contributed by atoms with van der Waals surface area (Å²) >= 11 is 0. The van der Waals surface area contributed by atoms with Crippen LogP contribution >= 0.6 is 7.92 Å². The van der Waals surface area contributed by atoms with Crippen LogP contribution in [0.1, 0.15) is 11.1 Å². The zero-order valence-electron chi connectivity index (χ0n) is 23.3. The Kier molecular flexibility index (Phi) is 10.9. The molecule has 0 aliphatic heterocycles. The van der Waals surface area contributed by atoms with Crippen LogP contribution in [0.25, 0.3) is 0 Å². The van der Waals surface area contributed by atoms with Crippen molar-refractivity contribution in [1.82, 2.24) is 0 Å². The van der Waals surface area contributed by atoms with Gasteiger partial charge in [0.2, 0.25) is 0 Å². The first kappa shape index (κ1) is 45.1. The van der Waals surface area contributed by atoms with Crippen molar-refractivity contribution in [1.29, 1.82) is 0 Å². The fourth-order valence-electron chi connectivity index (χ4n) is 3.76. The van der Waals surface area contributed by atoms with Gasteiger partial charge in [0.1, 0.15) is 0 Å². The van der Waals surface area contributed by atoms with E-state index in [0.29, 0.717) is 0 Å². The van der Waals surface area contributed by atoms with E-state index >= 15 is 8.78 Å². The molecule has 0 spiro atoms. The molecule has 0 amide bonds. The number of hydrogen-bond acceptors (Lipinski definition) is 0. The molecule has 0 aliphatic carbocycles. The summed E-state index contributed by atoms with van der Waals surface area (Å²) in [7, 11) is -5.28. The van der Waals surface area contributed by atoms with Gasteiger partial charge < -0.3 is 0 Å². The Morgan fingerprint density at radius 2 is 0.481 bits per heavy atom. The van der Waals surface area contributed by atoms with Crippen molar-refractivity contribution in [2.45, 2.75) is 71.6 Å². The fraction of sp³-hybridized carbons (Fsp3) is 0.500. The minimum Gasteiger partial charge on any atom is -0.194 e. The summed E-state index contributed by atoms with van der Waals surface area (Å²) in [5, 5.41) is -3.71. The van der Waals surface area contributed by atoms with Crippen LogP contribution in [0.15, 0.2) is 48.5 Å². The number of rotatable bonds is 11. The topological polar surface area (TPSA) is 0 Å². The SMILES string of the molecule is FC(F)(F)c1ccc(P(c2ccc(C(F)(F)F)cc2)C(F)(F)C(F)(F)C(F)(F)C(F)(F)C(F)(F)C(F)(F)C(F)(F)C(F)(F)C(F)(F)C(F)(F)F)cc1. The van der Waals surface area contributed by atoms with E-state index in [1.165, 1.54) is 0 Å². The van der Waals surface area contributed by atoms with Crippen molar-refractivity contribution in [3.8, 4) is 0 Å². The smallest absolute Gasteiger partial charge is 0.194 e. The van der Waals surface area contributed by atoms with Crippen molar-refractivity contribution in [2.24, 2.45) is 0 Å². The van der Waals surface area contributed by atoms with Crippen molar-refractivity contribution in [3.63, 3.8) is 0 Å². The molecule has 0 bridgehead atoms. The van der Waals surface area contributed by atoms with Crippen LogP contribution in [-0.4, -0.2) is 59.2 Å². The molecular formula is C24H8F27P. The summed E-state index contributed by atoms with van der Waals surface area (Å²) in [5.74, 6) is -72.7. The maximum Gasteiger partial charge on any atom is 0.460 e. The first-order valence-electron chi connectivity index (χ1n) is 12.2. The molecule has 0 fully saturated rings. The molecule has 0 N–H and O–H groups in total. The van der Waals surface area contributed by atoms with Gasteiger partial charge in [0.05, 0.1) is 11.1 Å². The van der Waals surface area contributed by atoms with Gasteiger partial charge in [-0.2, -0.15) is 119 Å². The highest BCUT2D eigenvalue weighted by atomic mass is 31.1. The van der Waals surface area contributed by atoms with Crippen molar-refractivity contribution < 1.29 is 119 Å². The summed E-state index contributed by atoms with van der Waals surface area (Å²) in [6, 6.07) is -2.66. The van der Waals surface area contributed by atoms with E-state index in [4.69, 9.17) is 0 Å². The standard InChI is InChI=1S/C24H8F27P/c25-13(26,27)9-1-5-11(6-2-9)52(12-7-3-10(4-8-12)14(28,29)30)24(50,51)22(45,46)20(41,42)18(37,38)16(33,34)15(31,32)17(35,36)19(39,40)21(43,44)23(47,48)49/h1-8H. The molecule has 52 heavy (non-hydrogen) atoms. The minimum absolute atomic E-state index is 0.330. The third kappa shape index (κ3) is 6.46. The predicted octanol–water partition coefficient (Wildman–Crippen LogP) is 11.4. The van der Waals surface area contributed by atoms with E-state index < -0.39 is 101 Å². The zero-order valence-corrected chi connectivity index (χ0v) is 24.2. The average Bonchev–Trinajstić information content (AvgIpc) is 2.95. The largest absolute Gasteiger partial charge is 0.460 e. The fourth-order valence-corrected chi connectivity index (χ4v) is 6.03. The van der Waals surface area contributed by atoms with Gasteiger partial charge in [-0.05, 0) is 34.9 Å². The Labute approximate surface area is 269 Å². The lowest BCUT2D eigenvalue weighted by atomic mass is 9.87. The molecule has 0 saturated carbocycles. The second kappa shape index (κ2) is 12.5. The number of benzene rings is 2. The molecule has 0 radical (unpaired) electrons. The molecule has 28 heteroatoms. The Bertz CT molecular complexity index is 1500. The average molecular weight is 840 g/mol. The first-order chi connectivity index (χ1) is 22.5. The summed E-state index contributed by atoms with van der Waals surface area (Å²) < 4.78 is 369. The highest BCUT2D eigenvalue weighted by Gasteiger charge is 2.98. The lowest BCUT2D eigenvalue weighted by Gasteiger charge is -2.45. The highest BCUT2D eigenvalue weighted by Crippen LogP contribution is 2.69. The van der Waals surface area contributed by atoms with Crippen LogP contribution in [0.4, 0.5) is 119 Å². The van der Waals surface area contributed by atoms with Gasteiger partial charge in [0.25, 0.3) is 0 Å².